The molecule has 0 unspecified atom stereocenters. The van der Waals surface area contributed by atoms with Crippen LogP contribution in [0.15, 0.2) is 24.3 Å². The van der Waals surface area contributed by atoms with Gasteiger partial charge in [-0.3, -0.25) is 4.79 Å². The predicted octanol–water partition coefficient (Wildman–Crippen LogP) is 4.34. The number of methoxy groups -OCH3 is 1. The number of ether oxygens (including phenoxy) is 1. The first-order chi connectivity index (χ1) is 9.92. The molecule has 0 amide bonds. The van der Waals surface area contributed by atoms with Crippen molar-refractivity contribution >= 4 is 40.8 Å². The highest BCUT2D eigenvalue weighted by atomic mass is 35.5. The maximum absolute atomic E-state index is 10.7. The van der Waals surface area contributed by atoms with Crippen molar-refractivity contribution in [1.82, 2.24) is 4.98 Å². The topological polar surface area (TPSA) is 59.4 Å². The van der Waals surface area contributed by atoms with E-state index in [2.05, 4.69) is 4.98 Å². The molecule has 1 aromatic carbocycles. The molecule has 1 heterocycles. The standard InChI is InChI=1S/C14H10Cl3NO3/c1-21-14-8(3-2-7(18-14)4-13(19)20)9-5-11(16)12(17)6-10(9)15/h2-3,5-6H,4H2,1H3,(H,19,20). The van der Waals surface area contributed by atoms with Crippen LogP contribution in [0.3, 0.4) is 0 Å². The highest BCUT2D eigenvalue weighted by Crippen LogP contribution is 2.38. The normalized spacial score (nSPS) is 10.5. The molecule has 1 aromatic heterocycles. The average Bonchev–Trinajstić information content (AvgIpc) is 2.42. The third kappa shape index (κ3) is 3.59. The van der Waals surface area contributed by atoms with Crippen molar-refractivity contribution in [2.45, 2.75) is 6.42 Å². The van der Waals surface area contributed by atoms with Crippen molar-refractivity contribution < 1.29 is 14.6 Å². The fraction of sp³-hybridized carbons (Fsp3) is 0.143. The number of carboxylic acids is 1. The van der Waals surface area contributed by atoms with Gasteiger partial charge in [0.15, 0.2) is 0 Å². The van der Waals surface area contributed by atoms with Crippen LogP contribution in [-0.2, 0) is 11.2 Å². The van der Waals surface area contributed by atoms with E-state index >= 15 is 0 Å². The van der Waals surface area contributed by atoms with Crippen molar-refractivity contribution in [3.63, 3.8) is 0 Å². The maximum Gasteiger partial charge on any atom is 0.309 e. The van der Waals surface area contributed by atoms with Crippen LogP contribution in [0.4, 0.5) is 0 Å². The van der Waals surface area contributed by atoms with Gasteiger partial charge >= 0.3 is 5.97 Å². The Kier molecular flexibility index (Phi) is 4.93. The van der Waals surface area contributed by atoms with E-state index in [9.17, 15) is 4.79 Å². The second-order valence-corrected chi connectivity index (χ2v) is 5.40. The summed E-state index contributed by atoms with van der Waals surface area (Å²) in [4.78, 5) is 14.9. The summed E-state index contributed by atoms with van der Waals surface area (Å²) in [6.45, 7) is 0. The van der Waals surface area contributed by atoms with E-state index in [0.29, 0.717) is 31.9 Å². The van der Waals surface area contributed by atoms with Crippen molar-refractivity contribution in [2.24, 2.45) is 0 Å². The minimum absolute atomic E-state index is 0.189. The summed E-state index contributed by atoms with van der Waals surface area (Å²) < 4.78 is 5.21. The number of hydrogen-bond acceptors (Lipinski definition) is 3. The number of pyridine rings is 1. The lowest BCUT2D eigenvalue weighted by atomic mass is 10.1. The van der Waals surface area contributed by atoms with Gasteiger partial charge in [-0.05, 0) is 24.3 Å². The highest BCUT2D eigenvalue weighted by Gasteiger charge is 2.15. The van der Waals surface area contributed by atoms with Gasteiger partial charge in [0.05, 0.1) is 34.3 Å². The second kappa shape index (κ2) is 6.52. The first kappa shape index (κ1) is 15.9. The number of aliphatic carboxylic acids is 1. The van der Waals surface area contributed by atoms with Crippen LogP contribution in [0.1, 0.15) is 5.69 Å². The fourth-order valence-corrected chi connectivity index (χ4v) is 2.47. The molecule has 0 bridgehead atoms. The Bertz CT molecular complexity index is 704. The van der Waals surface area contributed by atoms with Gasteiger partial charge in [0.2, 0.25) is 5.88 Å². The quantitative estimate of drug-likeness (QED) is 0.836. The Hall–Kier alpha value is -1.49. The second-order valence-electron chi connectivity index (χ2n) is 4.18. The predicted molar refractivity (Wildman–Crippen MR) is 82.6 cm³/mol. The van der Waals surface area contributed by atoms with Gasteiger partial charge in [0.25, 0.3) is 0 Å². The van der Waals surface area contributed by atoms with Gasteiger partial charge in [0, 0.05) is 11.1 Å². The minimum atomic E-state index is -0.968. The van der Waals surface area contributed by atoms with Gasteiger partial charge in [0.1, 0.15) is 0 Å². The molecule has 4 nitrogen and oxygen atoms in total. The molecular weight excluding hydrogens is 337 g/mol. The number of hydrogen-bond donors (Lipinski definition) is 1. The van der Waals surface area contributed by atoms with E-state index in [1.165, 1.54) is 13.2 Å². The Morgan fingerprint density at radius 1 is 1.14 bits per heavy atom. The van der Waals surface area contributed by atoms with Crippen molar-refractivity contribution in [2.75, 3.05) is 7.11 Å². The smallest absolute Gasteiger partial charge is 0.309 e. The number of aromatic nitrogens is 1. The summed E-state index contributed by atoms with van der Waals surface area (Å²) in [5, 5.41) is 9.89. The zero-order chi connectivity index (χ0) is 15.6. The molecule has 0 atom stereocenters. The first-order valence-corrected chi connectivity index (χ1v) is 6.96. The van der Waals surface area contributed by atoms with Crippen LogP contribution in [0.5, 0.6) is 5.88 Å². The zero-order valence-corrected chi connectivity index (χ0v) is 13.1. The van der Waals surface area contributed by atoms with E-state index in [-0.39, 0.29) is 12.3 Å². The van der Waals surface area contributed by atoms with Crippen molar-refractivity contribution in [3.05, 3.63) is 45.0 Å². The van der Waals surface area contributed by atoms with Crippen LogP contribution < -0.4 is 4.74 Å². The molecule has 0 radical (unpaired) electrons. The Morgan fingerprint density at radius 2 is 1.81 bits per heavy atom. The van der Waals surface area contributed by atoms with Crippen LogP contribution in [-0.4, -0.2) is 23.2 Å². The maximum atomic E-state index is 10.7. The Balaban J connectivity index is 2.54. The minimum Gasteiger partial charge on any atom is -0.481 e. The van der Waals surface area contributed by atoms with Crippen molar-refractivity contribution in [1.29, 1.82) is 0 Å². The number of rotatable bonds is 4. The summed E-state index contributed by atoms with van der Waals surface area (Å²) in [6.07, 6.45) is -0.189. The zero-order valence-electron chi connectivity index (χ0n) is 10.9. The number of carbonyl (C=O) groups is 1. The van der Waals surface area contributed by atoms with Gasteiger partial charge in [-0.1, -0.05) is 34.8 Å². The fourth-order valence-electron chi connectivity index (χ4n) is 1.82. The molecule has 0 fully saturated rings. The van der Waals surface area contributed by atoms with E-state index in [1.54, 1.807) is 18.2 Å². The number of nitrogens with zero attached hydrogens (tertiary/aromatic N) is 1. The Labute approximate surface area is 136 Å². The van der Waals surface area contributed by atoms with Gasteiger partial charge in [-0.15, -0.1) is 0 Å². The third-order valence-corrected chi connectivity index (χ3v) is 3.78. The molecule has 110 valence electrons. The molecule has 0 aliphatic carbocycles. The third-order valence-electron chi connectivity index (χ3n) is 2.74. The molecule has 0 aliphatic heterocycles. The molecule has 0 saturated carbocycles. The highest BCUT2D eigenvalue weighted by molar-refractivity contribution is 6.44. The number of carboxylic acid groups (broad SMARTS) is 1. The molecule has 1 N–H and O–H groups in total. The molecule has 2 aromatic rings. The monoisotopic (exact) mass is 345 g/mol. The molecule has 2 rings (SSSR count). The van der Waals surface area contributed by atoms with Gasteiger partial charge in [-0.2, -0.15) is 0 Å². The lowest BCUT2D eigenvalue weighted by Gasteiger charge is -2.11. The van der Waals surface area contributed by atoms with E-state index in [1.807, 2.05) is 0 Å². The summed E-state index contributed by atoms with van der Waals surface area (Å²) in [6, 6.07) is 6.44. The lowest BCUT2D eigenvalue weighted by Crippen LogP contribution is -2.04. The van der Waals surface area contributed by atoms with E-state index < -0.39 is 5.97 Å². The molecule has 21 heavy (non-hydrogen) atoms. The molecule has 0 spiro atoms. The van der Waals surface area contributed by atoms with Crippen LogP contribution in [0.2, 0.25) is 15.1 Å². The van der Waals surface area contributed by atoms with Crippen molar-refractivity contribution in [3.8, 4) is 17.0 Å². The summed E-state index contributed by atoms with van der Waals surface area (Å²) in [5.41, 5.74) is 1.60. The first-order valence-electron chi connectivity index (χ1n) is 5.83. The molecule has 7 heteroatoms. The Morgan fingerprint density at radius 3 is 2.43 bits per heavy atom. The summed E-state index contributed by atoms with van der Waals surface area (Å²) in [7, 11) is 1.45. The van der Waals surface area contributed by atoms with Crippen LogP contribution >= 0.6 is 34.8 Å². The molecular formula is C14H10Cl3NO3. The molecule has 0 aliphatic rings. The van der Waals surface area contributed by atoms with E-state index in [4.69, 9.17) is 44.6 Å². The lowest BCUT2D eigenvalue weighted by molar-refractivity contribution is -0.136. The SMILES string of the molecule is COc1nc(CC(=O)O)ccc1-c1cc(Cl)c(Cl)cc1Cl. The average molecular weight is 347 g/mol. The van der Waals surface area contributed by atoms with Crippen LogP contribution in [0.25, 0.3) is 11.1 Å². The summed E-state index contributed by atoms with van der Waals surface area (Å²) >= 11 is 18.1. The van der Waals surface area contributed by atoms with Crippen LogP contribution in [0, 0.1) is 0 Å². The van der Waals surface area contributed by atoms with E-state index in [0.717, 1.165) is 0 Å². The molecule has 0 saturated heterocycles. The van der Waals surface area contributed by atoms with Gasteiger partial charge < -0.3 is 9.84 Å². The summed E-state index contributed by atoms with van der Waals surface area (Å²) in [5.74, 6) is -0.695. The number of halogens is 3. The number of benzene rings is 1. The largest absolute Gasteiger partial charge is 0.481 e. The van der Waals surface area contributed by atoms with Gasteiger partial charge in [-0.25, -0.2) is 4.98 Å².